The first-order valence-electron chi connectivity index (χ1n) is 3.73. The van der Waals surface area contributed by atoms with Gasteiger partial charge in [-0.25, -0.2) is 14.4 Å². The maximum absolute atomic E-state index is 11.0. The molecule has 2 rings (SSSR count). The highest BCUT2D eigenvalue weighted by Crippen LogP contribution is 2.20. The van der Waals surface area contributed by atoms with Crippen LogP contribution in [0, 0.1) is 0 Å². The number of hydrogen-bond acceptors (Lipinski definition) is 5. The van der Waals surface area contributed by atoms with Gasteiger partial charge in [0.05, 0.1) is 16.7 Å². The number of cyclic esters (lactones) is 2. The molecule has 78 valence electrons. The molecule has 0 amide bonds. The molecule has 1 aromatic carbocycles. The van der Waals surface area contributed by atoms with E-state index in [0.717, 1.165) is 6.07 Å². The SMILES string of the molecule is N.O=C(O)c1ccc2c(c1)C(=O)OC2=O. The molecule has 1 heterocycles. The van der Waals surface area contributed by atoms with Gasteiger partial charge in [0.1, 0.15) is 0 Å². The monoisotopic (exact) mass is 209 g/mol. The quantitative estimate of drug-likeness (QED) is 0.523. The molecular weight excluding hydrogens is 202 g/mol. The van der Waals surface area contributed by atoms with Crippen LogP contribution in [0.4, 0.5) is 0 Å². The molecule has 0 fully saturated rings. The molecule has 0 saturated heterocycles. The smallest absolute Gasteiger partial charge is 0.346 e. The van der Waals surface area contributed by atoms with Gasteiger partial charge in [-0.15, -0.1) is 0 Å². The number of esters is 2. The van der Waals surface area contributed by atoms with E-state index in [1.54, 1.807) is 0 Å². The van der Waals surface area contributed by atoms with Gasteiger partial charge in [-0.3, -0.25) is 0 Å². The maximum atomic E-state index is 11.0. The molecule has 1 aliphatic heterocycles. The second-order valence-electron chi connectivity index (χ2n) is 2.74. The number of carboxylic acids is 1. The van der Waals surface area contributed by atoms with Crippen molar-refractivity contribution >= 4 is 17.9 Å². The molecule has 1 aromatic rings. The number of benzene rings is 1. The standard InChI is InChI=1S/C9H4O5.H3N/c10-7(11)4-1-2-5-6(3-4)9(13)14-8(5)12;/h1-3H,(H,10,11);1H3. The van der Waals surface area contributed by atoms with E-state index >= 15 is 0 Å². The fraction of sp³-hybridized carbons (Fsp3) is 0. The van der Waals surface area contributed by atoms with Crippen LogP contribution in [0.5, 0.6) is 0 Å². The molecule has 0 bridgehead atoms. The number of carboxylic acid groups (broad SMARTS) is 1. The van der Waals surface area contributed by atoms with Gasteiger partial charge in [-0.05, 0) is 18.2 Å². The molecule has 4 N–H and O–H groups in total. The van der Waals surface area contributed by atoms with Gasteiger partial charge in [0.15, 0.2) is 0 Å². The summed E-state index contributed by atoms with van der Waals surface area (Å²) in [6.45, 7) is 0. The van der Waals surface area contributed by atoms with Crippen molar-refractivity contribution in [2.24, 2.45) is 0 Å². The summed E-state index contributed by atoms with van der Waals surface area (Å²) >= 11 is 0. The first kappa shape index (κ1) is 10.9. The lowest BCUT2D eigenvalue weighted by Crippen LogP contribution is -2.00. The fourth-order valence-electron chi connectivity index (χ4n) is 1.22. The number of fused-ring (bicyclic) bond motifs is 1. The molecular formula is C9H7NO5. The number of hydrogen-bond donors (Lipinski definition) is 2. The van der Waals surface area contributed by atoms with Crippen LogP contribution in [0.2, 0.25) is 0 Å². The Morgan fingerprint density at radius 3 is 2.33 bits per heavy atom. The number of aromatic carboxylic acids is 1. The van der Waals surface area contributed by atoms with Gasteiger partial charge in [0, 0.05) is 0 Å². The lowest BCUT2D eigenvalue weighted by molar-refractivity contribution is 0.0443. The van der Waals surface area contributed by atoms with E-state index < -0.39 is 17.9 Å². The average Bonchev–Trinajstić information content (AvgIpc) is 2.42. The number of rotatable bonds is 1. The third-order valence-electron chi connectivity index (χ3n) is 1.89. The molecule has 0 radical (unpaired) electrons. The van der Waals surface area contributed by atoms with E-state index in [1.165, 1.54) is 12.1 Å². The van der Waals surface area contributed by atoms with E-state index in [9.17, 15) is 14.4 Å². The van der Waals surface area contributed by atoms with E-state index in [4.69, 9.17) is 5.11 Å². The van der Waals surface area contributed by atoms with Gasteiger partial charge in [0.25, 0.3) is 0 Å². The summed E-state index contributed by atoms with van der Waals surface area (Å²) in [5.41, 5.74) is 0.0744. The molecule has 0 atom stereocenters. The Kier molecular flexibility index (Phi) is 2.54. The fourth-order valence-corrected chi connectivity index (χ4v) is 1.22. The minimum atomic E-state index is -1.15. The van der Waals surface area contributed by atoms with Crippen LogP contribution in [0.15, 0.2) is 18.2 Å². The van der Waals surface area contributed by atoms with Crippen LogP contribution in [0.25, 0.3) is 0 Å². The highest BCUT2D eigenvalue weighted by atomic mass is 16.6. The number of carbonyl (C=O) groups is 3. The van der Waals surface area contributed by atoms with Crippen molar-refractivity contribution in [1.82, 2.24) is 6.15 Å². The first-order valence-corrected chi connectivity index (χ1v) is 3.73. The third-order valence-corrected chi connectivity index (χ3v) is 1.89. The van der Waals surface area contributed by atoms with Crippen molar-refractivity contribution in [2.45, 2.75) is 0 Å². The number of ether oxygens (including phenoxy) is 1. The van der Waals surface area contributed by atoms with Gasteiger partial charge >= 0.3 is 17.9 Å². The maximum Gasteiger partial charge on any atom is 0.346 e. The van der Waals surface area contributed by atoms with Gasteiger partial charge < -0.3 is 16.0 Å². The van der Waals surface area contributed by atoms with Crippen molar-refractivity contribution in [3.8, 4) is 0 Å². The molecule has 0 aromatic heterocycles. The lowest BCUT2D eigenvalue weighted by atomic mass is 10.1. The molecule has 0 saturated carbocycles. The summed E-state index contributed by atoms with van der Waals surface area (Å²) in [6, 6.07) is 3.65. The van der Waals surface area contributed by atoms with E-state index in [1.807, 2.05) is 0 Å². The second-order valence-corrected chi connectivity index (χ2v) is 2.74. The average molecular weight is 209 g/mol. The topological polar surface area (TPSA) is 116 Å². The Morgan fingerprint density at radius 2 is 1.73 bits per heavy atom. The highest BCUT2D eigenvalue weighted by Gasteiger charge is 2.30. The van der Waals surface area contributed by atoms with Crippen LogP contribution >= 0.6 is 0 Å². The van der Waals surface area contributed by atoms with Crippen molar-refractivity contribution in [2.75, 3.05) is 0 Å². The highest BCUT2D eigenvalue weighted by molar-refractivity contribution is 6.15. The zero-order chi connectivity index (χ0) is 10.3. The molecule has 1 aliphatic rings. The summed E-state index contributed by atoms with van der Waals surface area (Å²) in [5.74, 6) is -2.69. The molecule has 0 aliphatic carbocycles. The molecule has 0 unspecified atom stereocenters. The van der Waals surface area contributed by atoms with Crippen LogP contribution in [0.1, 0.15) is 31.1 Å². The Labute approximate surface area is 84.0 Å². The van der Waals surface area contributed by atoms with Crippen LogP contribution < -0.4 is 6.15 Å². The Hall–Kier alpha value is -2.21. The third kappa shape index (κ3) is 1.57. The Balaban J connectivity index is 0.00000112. The lowest BCUT2D eigenvalue weighted by Gasteiger charge is -1.94. The van der Waals surface area contributed by atoms with Crippen molar-refractivity contribution in [3.05, 3.63) is 34.9 Å². The minimum Gasteiger partial charge on any atom is -0.478 e. The molecule has 6 nitrogen and oxygen atoms in total. The predicted octanol–water partition coefficient (Wildman–Crippen LogP) is 0.857. The summed E-state index contributed by atoms with van der Waals surface area (Å²) in [7, 11) is 0. The van der Waals surface area contributed by atoms with Crippen molar-refractivity contribution in [3.63, 3.8) is 0 Å². The molecule has 6 heteroatoms. The second kappa shape index (κ2) is 3.50. The van der Waals surface area contributed by atoms with Crippen molar-refractivity contribution in [1.29, 1.82) is 0 Å². The number of carbonyl (C=O) groups excluding carboxylic acids is 2. The van der Waals surface area contributed by atoms with E-state index in [2.05, 4.69) is 4.74 Å². The van der Waals surface area contributed by atoms with Crippen molar-refractivity contribution < 1.29 is 24.2 Å². The van der Waals surface area contributed by atoms with Gasteiger partial charge in [-0.1, -0.05) is 0 Å². The summed E-state index contributed by atoms with van der Waals surface area (Å²) in [5, 5.41) is 8.63. The van der Waals surface area contributed by atoms with E-state index in [0.29, 0.717) is 0 Å². The molecule has 0 spiro atoms. The Bertz CT molecular complexity index is 466. The van der Waals surface area contributed by atoms with E-state index in [-0.39, 0.29) is 22.8 Å². The first-order chi connectivity index (χ1) is 6.59. The summed E-state index contributed by atoms with van der Waals surface area (Å²) in [4.78, 5) is 32.5. The van der Waals surface area contributed by atoms with Crippen LogP contribution in [-0.2, 0) is 4.74 Å². The summed E-state index contributed by atoms with van der Waals surface area (Å²) in [6.07, 6.45) is 0. The predicted molar refractivity (Wildman–Crippen MR) is 48.2 cm³/mol. The zero-order valence-corrected chi connectivity index (χ0v) is 7.52. The van der Waals surface area contributed by atoms with Gasteiger partial charge in [0.2, 0.25) is 0 Å². The van der Waals surface area contributed by atoms with Crippen LogP contribution in [-0.4, -0.2) is 23.0 Å². The summed E-state index contributed by atoms with van der Waals surface area (Å²) < 4.78 is 4.30. The van der Waals surface area contributed by atoms with Gasteiger partial charge in [-0.2, -0.15) is 0 Å². The Morgan fingerprint density at radius 1 is 1.13 bits per heavy atom. The van der Waals surface area contributed by atoms with Crippen LogP contribution in [0.3, 0.4) is 0 Å². The molecule has 15 heavy (non-hydrogen) atoms. The normalized spacial score (nSPS) is 12.8. The minimum absolute atomic E-state index is 0. The largest absolute Gasteiger partial charge is 0.478 e. The zero-order valence-electron chi connectivity index (χ0n) is 7.52.